The quantitative estimate of drug-likeness (QED) is 0.286. The molecule has 8 nitrogen and oxygen atoms in total. The van der Waals surface area contributed by atoms with Crippen LogP contribution >= 0.6 is 11.6 Å². The number of alkyl halides is 3. The minimum Gasteiger partial charge on any atom is -0.407 e. The highest BCUT2D eigenvalue weighted by molar-refractivity contribution is 7.92. The molecular formula is C21H12ClF4N3O5S. The van der Waals surface area contributed by atoms with E-state index >= 15 is 0 Å². The van der Waals surface area contributed by atoms with E-state index in [2.05, 4.69) is 9.97 Å². The number of aromatic nitrogens is 2. The van der Waals surface area contributed by atoms with Gasteiger partial charge in [-0.2, -0.15) is 13.2 Å². The van der Waals surface area contributed by atoms with Gasteiger partial charge in [-0.1, -0.05) is 17.7 Å². The van der Waals surface area contributed by atoms with E-state index in [1.54, 1.807) is 0 Å². The summed E-state index contributed by atoms with van der Waals surface area (Å²) in [5.74, 6) is -3.24. The van der Waals surface area contributed by atoms with E-state index in [1.807, 2.05) is 4.72 Å². The number of aromatic amines is 1. The third kappa shape index (κ3) is 4.64. The summed E-state index contributed by atoms with van der Waals surface area (Å²) < 4.78 is 87.0. The van der Waals surface area contributed by atoms with Crippen molar-refractivity contribution >= 4 is 44.2 Å². The maximum absolute atomic E-state index is 14.6. The lowest BCUT2D eigenvalue weighted by Crippen LogP contribution is -2.18. The lowest BCUT2D eigenvalue weighted by Gasteiger charge is -2.15. The second kappa shape index (κ2) is 8.50. The van der Waals surface area contributed by atoms with E-state index in [-0.39, 0.29) is 16.1 Å². The summed E-state index contributed by atoms with van der Waals surface area (Å²) in [5, 5.41) is -0.133. The molecule has 2 aromatic heterocycles. The number of benzene rings is 2. The summed E-state index contributed by atoms with van der Waals surface area (Å²) in [7, 11) is -4.69. The number of nitrogens with one attached hydrogen (secondary N) is 2. The van der Waals surface area contributed by atoms with Crippen molar-refractivity contribution in [2.45, 2.75) is 18.0 Å². The Balaban J connectivity index is 1.82. The Morgan fingerprint density at radius 1 is 1.17 bits per heavy atom. The summed E-state index contributed by atoms with van der Waals surface area (Å²) >= 11 is 5.88. The minimum absolute atomic E-state index is 0.00446. The van der Waals surface area contributed by atoms with E-state index in [9.17, 15) is 35.6 Å². The number of pyridine rings is 1. The molecule has 0 atom stereocenters. The number of rotatable bonds is 5. The fourth-order valence-corrected chi connectivity index (χ4v) is 4.54. The van der Waals surface area contributed by atoms with Crippen molar-refractivity contribution in [2.75, 3.05) is 4.72 Å². The molecule has 35 heavy (non-hydrogen) atoms. The van der Waals surface area contributed by atoms with Gasteiger partial charge in [-0.25, -0.2) is 22.6 Å². The maximum Gasteiger partial charge on any atom is 0.417 e. The number of H-pyrrole nitrogens is 1. The van der Waals surface area contributed by atoms with Crippen LogP contribution in [0.2, 0.25) is 5.02 Å². The number of ketones is 1. The molecule has 0 amide bonds. The van der Waals surface area contributed by atoms with Crippen LogP contribution < -0.4 is 10.5 Å². The Labute approximate surface area is 198 Å². The molecule has 0 aliphatic heterocycles. The summed E-state index contributed by atoms with van der Waals surface area (Å²) in [6.45, 7) is 1.17. The highest BCUT2D eigenvalue weighted by atomic mass is 35.5. The molecule has 14 heteroatoms. The summed E-state index contributed by atoms with van der Waals surface area (Å²) in [6, 6.07) is 5.37. The van der Waals surface area contributed by atoms with Crippen molar-refractivity contribution < 1.29 is 35.2 Å². The van der Waals surface area contributed by atoms with Gasteiger partial charge in [0, 0.05) is 6.20 Å². The molecule has 0 spiro atoms. The fourth-order valence-electron chi connectivity index (χ4n) is 3.30. The largest absolute Gasteiger partial charge is 0.417 e. The zero-order chi connectivity index (χ0) is 25.7. The molecule has 2 N–H and O–H groups in total. The monoisotopic (exact) mass is 529 g/mol. The van der Waals surface area contributed by atoms with Crippen molar-refractivity contribution in [1.82, 2.24) is 9.97 Å². The summed E-state index contributed by atoms with van der Waals surface area (Å²) in [5.41, 5.74) is -3.70. The predicted molar refractivity (Wildman–Crippen MR) is 116 cm³/mol. The van der Waals surface area contributed by atoms with Crippen LogP contribution in [0.25, 0.3) is 11.1 Å². The molecule has 4 aromatic rings. The van der Waals surface area contributed by atoms with Crippen molar-refractivity contribution in [2.24, 2.45) is 0 Å². The second-order valence-electron chi connectivity index (χ2n) is 7.27. The Kier molecular flexibility index (Phi) is 5.93. The smallest absolute Gasteiger partial charge is 0.407 e. The average Bonchev–Trinajstić information content (AvgIpc) is 3.12. The first-order chi connectivity index (χ1) is 16.3. The first-order valence-corrected chi connectivity index (χ1v) is 11.4. The lowest BCUT2D eigenvalue weighted by molar-refractivity contribution is -0.138. The Morgan fingerprint density at radius 3 is 2.57 bits per heavy atom. The van der Waals surface area contributed by atoms with Crippen molar-refractivity contribution in [3.63, 3.8) is 0 Å². The number of fused-ring (bicyclic) bond motifs is 1. The fraction of sp³-hybridized carbons (Fsp3) is 0.0952. The number of hydrogen-bond acceptors (Lipinski definition) is 6. The van der Waals surface area contributed by atoms with Crippen LogP contribution in [0.3, 0.4) is 0 Å². The Morgan fingerprint density at radius 2 is 1.89 bits per heavy atom. The molecule has 0 bridgehead atoms. The molecule has 2 heterocycles. The summed E-state index contributed by atoms with van der Waals surface area (Å²) in [4.78, 5) is 30.0. The molecule has 182 valence electrons. The van der Waals surface area contributed by atoms with Crippen molar-refractivity contribution in [3.8, 4) is 0 Å². The Bertz CT molecular complexity index is 1660. The molecule has 0 aliphatic carbocycles. The van der Waals surface area contributed by atoms with Gasteiger partial charge in [-0.3, -0.25) is 14.5 Å². The minimum atomic E-state index is -4.81. The predicted octanol–water partition coefficient (Wildman–Crippen LogP) is 4.67. The van der Waals surface area contributed by atoms with Crippen LogP contribution in [-0.2, 0) is 16.2 Å². The number of oxazole rings is 1. The van der Waals surface area contributed by atoms with Crippen LogP contribution in [0.5, 0.6) is 0 Å². The standard InChI is InChI=1S/C21H12ClF4N3O5S/c1-9-2-3-11(7-12(9)21(24,25)26)35(32,33)29-15-6-10(22)8-27-17(15)18(30)16-13(23)4-5-14-19(16)34-20(31)28-14/h2-8,29H,1H3,(H,28,31). The molecular weight excluding hydrogens is 518 g/mol. The van der Waals surface area contributed by atoms with Gasteiger partial charge in [0.15, 0.2) is 5.58 Å². The van der Waals surface area contributed by atoms with Crippen LogP contribution in [0.15, 0.2) is 56.7 Å². The molecule has 2 aromatic carbocycles. The SMILES string of the molecule is Cc1ccc(S(=O)(=O)Nc2cc(Cl)cnc2C(=O)c2c(F)ccc3[nH]c(=O)oc23)cc1C(F)(F)F. The first-order valence-electron chi connectivity index (χ1n) is 9.50. The Hall–Kier alpha value is -3.71. The molecule has 0 saturated heterocycles. The third-order valence-corrected chi connectivity index (χ3v) is 6.47. The molecule has 0 aliphatic rings. The van der Waals surface area contributed by atoms with Gasteiger partial charge in [0.2, 0.25) is 5.78 Å². The van der Waals surface area contributed by atoms with Gasteiger partial charge in [-0.05, 0) is 42.8 Å². The number of aryl methyl sites for hydroxylation is 1. The summed E-state index contributed by atoms with van der Waals surface area (Å²) in [6.07, 6.45) is -3.84. The van der Waals surface area contributed by atoms with Gasteiger partial charge >= 0.3 is 11.9 Å². The number of halogens is 5. The van der Waals surface area contributed by atoms with Gasteiger partial charge in [0.1, 0.15) is 17.1 Å². The topological polar surface area (TPSA) is 122 Å². The van der Waals surface area contributed by atoms with Crippen molar-refractivity contribution in [3.05, 3.63) is 86.4 Å². The van der Waals surface area contributed by atoms with Crippen LogP contribution in [0.1, 0.15) is 27.2 Å². The van der Waals surface area contributed by atoms with Crippen molar-refractivity contribution in [1.29, 1.82) is 0 Å². The number of nitrogens with zero attached hydrogens (tertiary/aromatic N) is 1. The molecule has 4 rings (SSSR count). The van der Waals surface area contributed by atoms with Crippen LogP contribution in [0.4, 0.5) is 23.2 Å². The average molecular weight is 530 g/mol. The number of hydrogen-bond donors (Lipinski definition) is 2. The molecule has 0 radical (unpaired) electrons. The van der Waals surface area contributed by atoms with Gasteiger partial charge in [-0.15, -0.1) is 0 Å². The van der Waals surface area contributed by atoms with Gasteiger partial charge in [0.25, 0.3) is 10.0 Å². The number of sulfonamides is 1. The zero-order valence-corrected chi connectivity index (χ0v) is 18.9. The number of carbonyl (C=O) groups is 1. The number of anilines is 1. The normalized spacial score (nSPS) is 12.2. The zero-order valence-electron chi connectivity index (χ0n) is 17.3. The van der Waals surface area contributed by atoms with E-state index in [0.29, 0.717) is 6.07 Å². The molecule has 0 saturated carbocycles. The second-order valence-corrected chi connectivity index (χ2v) is 9.39. The van der Waals surface area contributed by atoms with E-state index < -0.39 is 66.5 Å². The van der Waals surface area contributed by atoms with E-state index in [4.69, 9.17) is 16.0 Å². The van der Waals surface area contributed by atoms with Gasteiger partial charge < -0.3 is 4.42 Å². The molecule has 0 fully saturated rings. The van der Waals surface area contributed by atoms with E-state index in [1.165, 1.54) is 6.92 Å². The number of carbonyl (C=O) groups excluding carboxylic acids is 1. The third-order valence-electron chi connectivity index (χ3n) is 4.90. The van der Waals surface area contributed by atoms with Gasteiger partial charge in [0.05, 0.1) is 26.7 Å². The molecule has 0 unspecified atom stereocenters. The van der Waals surface area contributed by atoms with E-state index in [0.717, 1.165) is 36.5 Å². The van der Waals surface area contributed by atoms with Crippen LogP contribution in [-0.4, -0.2) is 24.2 Å². The lowest BCUT2D eigenvalue weighted by atomic mass is 10.0. The highest BCUT2D eigenvalue weighted by Crippen LogP contribution is 2.34. The first kappa shape index (κ1) is 24.4. The highest BCUT2D eigenvalue weighted by Gasteiger charge is 2.34. The van der Waals surface area contributed by atoms with Crippen LogP contribution in [0, 0.1) is 12.7 Å². The maximum atomic E-state index is 14.6.